The number of hydrogen-bond acceptors (Lipinski definition) is 8. The summed E-state index contributed by atoms with van der Waals surface area (Å²) in [5.41, 5.74) is 8.34. The predicted molar refractivity (Wildman–Crippen MR) is 278 cm³/mol. The maximum Gasteiger partial charge on any atom is 0.407 e. The first-order valence-electron chi connectivity index (χ1n) is 24.3. The highest BCUT2D eigenvalue weighted by molar-refractivity contribution is 5.83. The molecule has 0 spiro atoms. The summed E-state index contributed by atoms with van der Waals surface area (Å²) in [7, 11) is 0. The van der Waals surface area contributed by atoms with Crippen molar-refractivity contribution < 1.29 is 47.0 Å². The minimum atomic E-state index is -1.28. The van der Waals surface area contributed by atoms with Crippen molar-refractivity contribution in [2.45, 2.75) is 83.2 Å². The lowest BCUT2D eigenvalue weighted by Gasteiger charge is -2.31. The topological polar surface area (TPSA) is 137 Å². The third-order valence-corrected chi connectivity index (χ3v) is 13.2. The number of amides is 2. The van der Waals surface area contributed by atoms with Gasteiger partial charge in [-0.1, -0.05) is 133 Å². The van der Waals surface area contributed by atoms with Gasteiger partial charge >= 0.3 is 18.2 Å². The van der Waals surface area contributed by atoms with E-state index in [9.17, 15) is 28.4 Å². The lowest BCUT2D eigenvalue weighted by molar-refractivity contribution is -0.137. The molecule has 10 nitrogen and oxygen atoms in total. The van der Waals surface area contributed by atoms with E-state index in [4.69, 9.17) is 14.2 Å². The fourth-order valence-corrected chi connectivity index (χ4v) is 9.83. The third kappa shape index (κ3) is 12.6. The van der Waals surface area contributed by atoms with Gasteiger partial charge in [0.05, 0.1) is 17.7 Å². The van der Waals surface area contributed by atoms with Gasteiger partial charge in [-0.3, -0.25) is 9.59 Å². The Kier molecular flexibility index (Phi) is 17.0. The number of ketones is 2. The first kappa shape index (κ1) is 52.8. The predicted octanol–water partition coefficient (Wildman–Crippen LogP) is 12.5. The van der Waals surface area contributed by atoms with Crippen LogP contribution < -0.4 is 10.6 Å². The van der Waals surface area contributed by atoms with Crippen molar-refractivity contribution in [2.24, 2.45) is 0 Å². The van der Waals surface area contributed by atoms with Gasteiger partial charge in [-0.2, -0.15) is 0 Å². The van der Waals surface area contributed by atoms with Crippen LogP contribution >= 0.6 is 0 Å². The molecule has 0 bridgehead atoms. The van der Waals surface area contributed by atoms with E-state index in [0.717, 1.165) is 44.5 Å². The Hall–Kier alpha value is -7.99. The van der Waals surface area contributed by atoms with E-state index in [1.165, 1.54) is 38.1 Å². The number of ether oxygens (including phenoxy) is 3. The van der Waals surface area contributed by atoms with E-state index >= 15 is 4.39 Å². The zero-order valence-electron chi connectivity index (χ0n) is 41.8. The number of halogens is 2. The lowest BCUT2D eigenvalue weighted by Crippen LogP contribution is -2.44. The van der Waals surface area contributed by atoms with Gasteiger partial charge in [0.2, 0.25) is 0 Å². The van der Waals surface area contributed by atoms with Gasteiger partial charge < -0.3 is 24.8 Å². The molecule has 0 radical (unpaired) electrons. The number of carbonyl (C=O) groups is 5. The number of nitrogens with one attached hydrogen (secondary N) is 2. The number of carbonyl (C=O) groups excluding carboxylic acids is 5. The first-order chi connectivity index (χ1) is 35.0. The minimum absolute atomic E-state index is 0.0209. The smallest absolute Gasteiger partial charge is 0.407 e. The number of rotatable bonds is 18. The van der Waals surface area contributed by atoms with Crippen LogP contribution in [0.4, 0.5) is 18.4 Å². The summed E-state index contributed by atoms with van der Waals surface area (Å²) in [5, 5.41) is 5.67. The average molecular weight is 987 g/mol. The molecule has 2 atom stereocenters. The highest BCUT2D eigenvalue weighted by Crippen LogP contribution is 2.46. The van der Waals surface area contributed by atoms with Crippen LogP contribution in [0.5, 0.6) is 0 Å². The molecule has 0 fully saturated rings. The van der Waals surface area contributed by atoms with Gasteiger partial charge in [0, 0.05) is 41.9 Å². The quantitative estimate of drug-likeness (QED) is 0.0376. The maximum atomic E-state index is 15.1. The van der Waals surface area contributed by atoms with Crippen molar-refractivity contribution in [3.8, 4) is 22.3 Å². The number of fused-ring (bicyclic) bond motifs is 6. The van der Waals surface area contributed by atoms with Gasteiger partial charge in [0.15, 0.2) is 0 Å². The van der Waals surface area contributed by atoms with E-state index in [1.807, 2.05) is 60.7 Å². The van der Waals surface area contributed by atoms with Crippen LogP contribution in [0.3, 0.4) is 0 Å². The van der Waals surface area contributed by atoms with Crippen LogP contribution in [0.2, 0.25) is 0 Å². The van der Waals surface area contributed by atoms with Gasteiger partial charge in [0.25, 0.3) is 0 Å². The zero-order chi connectivity index (χ0) is 52.3. The molecule has 12 heteroatoms. The fraction of sp³-hybridized carbons (Fsp3) is 0.262. The van der Waals surface area contributed by atoms with Crippen molar-refractivity contribution in [2.75, 3.05) is 19.8 Å². The molecule has 2 aliphatic carbocycles. The highest BCUT2D eigenvalue weighted by atomic mass is 19.1. The van der Waals surface area contributed by atoms with Crippen molar-refractivity contribution in [3.05, 3.63) is 214 Å². The van der Waals surface area contributed by atoms with Crippen molar-refractivity contribution in [3.63, 3.8) is 0 Å². The highest BCUT2D eigenvalue weighted by Gasteiger charge is 2.35. The van der Waals surface area contributed by atoms with E-state index in [0.29, 0.717) is 16.7 Å². The van der Waals surface area contributed by atoms with Crippen LogP contribution in [-0.4, -0.2) is 49.5 Å². The Balaban J connectivity index is 0.000000216. The minimum Gasteiger partial charge on any atom is -0.463 e. The van der Waals surface area contributed by atoms with Gasteiger partial charge in [-0.25, -0.2) is 23.2 Å². The molecule has 0 saturated heterocycles. The summed E-state index contributed by atoms with van der Waals surface area (Å²) in [6.45, 7) is 12.3. The molecule has 6 aromatic carbocycles. The Bertz CT molecular complexity index is 2980. The van der Waals surface area contributed by atoms with E-state index < -0.39 is 40.9 Å². The zero-order valence-corrected chi connectivity index (χ0v) is 41.8. The second kappa shape index (κ2) is 23.5. The maximum absolute atomic E-state index is 15.1. The second-order valence-corrected chi connectivity index (χ2v) is 18.8. The molecule has 0 heterocycles. The number of hydrogen-bond donors (Lipinski definition) is 2. The van der Waals surface area contributed by atoms with Crippen molar-refractivity contribution >= 4 is 29.7 Å². The third-order valence-electron chi connectivity index (χ3n) is 13.2. The molecular weight excluding hydrogens is 927 g/mol. The number of alkyl carbamates (subject to hydrolysis) is 2. The van der Waals surface area contributed by atoms with Crippen LogP contribution in [0, 0.1) is 11.6 Å². The number of benzene rings is 6. The molecule has 2 amide bonds. The molecule has 0 saturated carbocycles. The van der Waals surface area contributed by atoms with Crippen LogP contribution in [0.15, 0.2) is 158 Å². The summed E-state index contributed by atoms with van der Waals surface area (Å²) in [5.74, 6) is -1.84. The Morgan fingerprint density at radius 3 is 1.29 bits per heavy atom. The van der Waals surface area contributed by atoms with Gasteiger partial charge in [0.1, 0.15) is 36.4 Å². The van der Waals surface area contributed by atoms with E-state index in [-0.39, 0.29) is 74.5 Å². The van der Waals surface area contributed by atoms with Crippen molar-refractivity contribution in [1.29, 1.82) is 0 Å². The molecule has 8 rings (SSSR count). The molecule has 2 N–H and O–H groups in total. The van der Waals surface area contributed by atoms with Crippen LogP contribution in [-0.2, 0) is 52.5 Å². The lowest BCUT2D eigenvalue weighted by atomic mass is 9.86. The molecule has 0 aromatic heterocycles. The molecule has 0 unspecified atom stereocenters. The summed E-state index contributed by atoms with van der Waals surface area (Å²) in [4.78, 5) is 61.2. The van der Waals surface area contributed by atoms with E-state index in [1.54, 1.807) is 51.1 Å². The van der Waals surface area contributed by atoms with Gasteiger partial charge in [-0.05, 0) is 115 Å². The molecule has 6 aromatic rings. The fourth-order valence-electron chi connectivity index (χ4n) is 9.83. The Morgan fingerprint density at radius 2 is 0.932 bits per heavy atom. The van der Waals surface area contributed by atoms with Crippen LogP contribution in [0.25, 0.3) is 22.3 Å². The monoisotopic (exact) mass is 986 g/mol. The Labute approximate surface area is 425 Å². The molecule has 73 heavy (non-hydrogen) atoms. The molecule has 376 valence electrons. The number of Topliss-reactive ketones (excluding diaryl/α,β-unsaturated/α-hetero) is 2. The normalized spacial score (nSPS) is 13.9. The van der Waals surface area contributed by atoms with Crippen molar-refractivity contribution in [1.82, 2.24) is 10.6 Å². The molecular formula is C61H60F2N2O8. The summed E-state index contributed by atoms with van der Waals surface area (Å²) in [6.07, 6.45) is 3.74. The number of esters is 1. The second-order valence-electron chi connectivity index (χ2n) is 18.8. The van der Waals surface area contributed by atoms with Gasteiger partial charge in [-0.15, -0.1) is 6.58 Å². The van der Waals surface area contributed by atoms with E-state index in [2.05, 4.69) is 53.6 Å². The largest absolute Gasteiger partial charge is 0.463 e. The Morgan fingerprint density at radius 1 is 0.562 bits per heavy atom. The molecule has 2 aliphatic rings. The summed E-state index contributed by atoms with van der Waals surface area (Å²) >= 11 is 0. The summed E-state index contributed by atoms with van der Waals surface area (Å²) in [6, 6.07) is 41.2. The molecule has 0 aliphatic heterocycles. The SMILES string of the molecule is C=CC[C@](C)(NC(=O)OCC1c2ccccc2-c2ccccc21)c1cc(CC(C)=O)ccc1F.CCOC(=O)/C=C/C[C@](C)(NC(=O)OCC1c2ccccc2-c2ccccc21)c1cc(CC(C)=O)ccc1F. The average Bonchev–Trinajstić information content (AvgIpc) is 3.86. The van der Waals surface area contributed by atoms with Crippen LogP contribution in [0.1, 0.15) is 104 Å². The summed E-state index contributed by atoms with van der Waals surface area (Å²) < 4.78 is 46.3. The first-order valence-corrected chi connectivity index (χ1v) is 24.3. The standard InChI is InChI=1S/C32H32FNO5.C29H28FNO3/c1-4-38-30(36)14-9-17-32(3,28-19-22(18-21(2)35)15-16-29(28)33)34-31(37)39-20-27-25-12-7-5-10-23(25)24-11-6-8-13-26(24)27;1-4-15-29(3,26-17-20(16-19(2)32)13-14-27(26)30)31-28(33)34-18-25-23-11-7-5-9-21(23)22-10-6-8-12-24(22)25/h5-16,19,27H,4,17-18,20H2,1-3H3,(H,34,37);4-14,17,25H,1,15-16,18H2,2-3H3,(H,31,33)/b14-9+;/t32-;29-/m00/s1.